The lowest BCUT2D eigenvalue weighted by Gasteiger charge is -2.23. The number of nitrogens with zero attached hydrogens (tertiary/aromatic N) is 4. The SMILES string of the molecule is C[C@H](NC(=O)CC[C@H](NC(=O)c1ccc(NCc2cnc3nc(N)[nH]c(=O)c3n2)cc1)C(=O)O)C(=O)C[C@@H](CCCN=C(N)N)C(=O)N[C@@H](CC(=O)O)C(=O)C[C@@H](CS)C(=O)O.O=C=O. The highest BCUT2D eigenvalue weighted by atomic mass is 32.1. The number of carboxylic acid groups (broad SMARTS) is 3. The van der Waals surface area contributed by atoms with Crippen LogP contribution in [0.15, 0.2) is 40.2 Å². The second-order valence-electron chi connectivity index (χ2n) is 14.1. The summed E-state index contributed by atoms with van der Waals surface area (Å²) in [6.07, 6.45) is -0.955. The first-order chi connectivity index (χ1) is 30.7. The first-order valence-electron chi connectivity index (χ1n) is 19.3. The number of fused-ring (bicyclic) bond motifs is 1. The van der Waals surface area contributed by atoms with Crippen LogP contribution >= 0.6 is 12.6 Å². The highest BCUT2D eigenvalue weighted by Crippen LogP contribution is 2.17. The summed E-state index contributed by atoms with van der Waals surface area (Å²) in [5.41, 5.74) is 16.8. The van der Waals surface area contributed by atoms with Crippen molar-refractivity contribution in [2.75, 3.05) is 23.3 Å². The number of amides is 3. The van der Waals surface area contributed by atoms with Crippen molar-refractivity contribution in [1.82, 2.24) is 35.9 Å². The number of carboxylic acids is 3. The van der Waals surface area contributed by atoms with Gasteiger partial charge in [-0.3, -0.25) is 48.3 Å². The van der Waals surface area contributed by atoms with Gasteiger partial charge in [0.1, 0.15) is 6.04 Å². The number of hydrogen-bond acceptors (Lipinski definition) is 18. The second-order valence-corrected chi connectivity index (χ2v) is 14.4. The fourth-order valence-electron chi connectivity index (χ4n) is 5.77. The number of ketones is 2. The number of Topliss-reactive ketones (excluding diaryl/α,β-unsaturated/α-hetero) is 2. The maximum Gasteiger partial charge on any atom is 0.373 e. The number of carbonyl (C=O) groups excluding carboxylic acids is 7. The number of aromatic nitrogens is 4. The van der Waals surface area contributed by atoms with E-state index in [1.807, 2.05) is 0 Å². The number of aromatic amines is 1. The Labute approximate surface area is 373 Å². The van der Waals surface area contributed by atoms with Crippen molar-refractivity contribution in [2.24, 2.45) is 28.3 Å². The number of carbonyl (C=O) groups is 8. The number of nitrogens with two attached hydrogens (primary N) is 3. The predicted molar refractivity (Wildman–Crippen MR) is 229 cm³/mol. The van der Waals surface area contributed by atoms with E-state index in [4.69, 9.17) is 26.8 Å². The molecule has 14 N–H and O–H groups in total. The van der Waals surface area contributed by atoms with Crippen LogP contribution in [0.2, 0.25) is 0 Å². The Balaban J connectivity index is 0.00000470. The lowest BCUT2D eigenvalue weighted by molar-refractivity contribution is -0.192. The lowest BCUT2D eigenvalue weighted by atomic mass is 9.92. The van der Waals surface area contributed by atoms with E-state index in [-0.39, 0.29) is 72.9 Å². The molecule has 0 aliphatic rings. The highest BCUT2D eigenvalue weighted by Gasteiger charge is 2.32. The van der Waals surface area contributed by atoms with Crippen LogP contribution in [0.5, 0.6) is 0 Å². The predicted octanol–water partition coefficient (Wildman–Crippen LogP) is -2.03. The van der Waals surface area contributed by atoms with Crippen LogP contribution in [0, 0.1) is 11.8 Å². The maximum absolute atomic E-state index is 13.4. The minimum absolute atomic E-state index is 0.00101. The standard InChI is InChI=1S/C37H48N12O12S.CO2/c1-17(25(50)11-19(3-2-10-41-36(38)39)32(56)47-24(13-28(53)54)26(51)12-20(16-62)34(58)59)44-27(52)9-8-23(35(60)61)46-31(55)18-4-6-21(7-5-18)42-14-22-15-43-30-29(45-22)33(57)49-37(40)48-30;2-1-3/h4-7,15,17,19-20,23-24,42,62H,2-3,8-14,16H2,1H3,(H,44,52)(H,46,55)(H,47,56)(H,53,54)(H,58,59)(H,60,61)(H4,38,39,41)(H3,40,43,48,49,57);/t17-,19+,20-,23-,24-;/m0./s1. The normalized spacial score (nSPS) is 12.8. The van der Waals surface area contributed by atoms with Crippen molar-refractivity contribution in [1.29, 1.82) is 0 Å². The van der Waals surface area contributed by atoms with Gasteiger partial charge in [0.05, 0.1) is 42.9 Å². The summed E-state index contributed by atoms with van der Waals surface area (Å²) < 4.78 is 0. The molecule has 1 aromatic carbocycles. The summed E-state index contributed by atoms with van der Waals surface area (Å²) >= 11 is 3.91. The molecule has 3 amide bonds. The molecule has 0 saturated heterocycles. The van der Waals surface area contributed by atoms with Gasteiger partial charge in [0.25, 0.3) is 11.5 Å². The van der Waals surface area contributed by atoms with Crippen LogP contribution in [0.1, 0.15) is 67.9 Å². The van der Waals surface area contributed by atoms with Crippen molar-refractivity contribution in [3.05, 3.63) is 52.1 Å². The average Bonchev–Trinajstić information content (AvgIpc) is 3.23. The molecule has 2 heterocycles. The molecule has 0 unspecified atom stereocenters. The highest BCUT2D eigenvalue weighted by molar-refractivity contribution is 7.80. The Morgan fingerprint density at radius 1 is 0.862 bits per heavy atom. The van der Waals surface area contributed by atoms with E-state index in [9.17, 15) is 58.5 Å². The van der Waals surface area contributed by atoms with Crippen molar-refractivity contribution in [2.45, 2.75) is 76.5 Å². The smallest absolute Gasteiger partial charge is 0.373 e. The Bertz CT molecular complexity index is 2330. The van der Waals surface area contributed by atoms with Gasteiger partial charge in [-0.15, -0.1) is 0 Å². The molecule has 0 fully saturated rings. The third-order valence-corrected chi connectivity index (χ3v) is 9.60. The number of thiol groups is 1. The number of guanidine groups is 1. The second kappa shape index (κ2) is 26.6. The monoisotopic (exact) mass is 928 g/mol. The average molecular weight is 929 g/mol. The van der Waals surface area contributed by atoms with Gasteiger partial charge in [-0.2, -0.15) is 27.2 Å². The number of benzene rings is 1. The summed E-state index contributed by atoms with van der Waals surface area (Å²) in [5.74, 6) is -11.1. The first kappa shape index (κ1) is 53.3. The van der Waals surface area contributed by atoms with Gasteiger partial charge >= 0.3 is 24.1 Å². The zero-order chi connectivity index (χ0) is 48.8. The number of H-pyrrole nitrogens is 1. The molecule has 0 saturated carbocycles. The quantitative estimate of drug-likeness (QED) is 0.0179. The summed E-state index contributed by atoms with van der Waals surface area (Å²) in [6, 6.07) is 1.63. The molecule has 350 valence electrons. The van der Waals surface area contributed by atoms with Gasteiger partial charge < -0.3 is 53.8 Å². The zero-order valence-corrected chi connectivity index (χ0v) is 35.5. The van der Waals surface area contributed by atoms with E-state index >= 15 is 0 Å². The molecule has 0 radical (unpaired) electrons. The van der Waals surface area contributed by atoms with Gasteiger partial charge in [-0.25, -0.2) is 14.8 Å². The number of anilines is 2. The maximum atomic E-state index is 13.4. The van der Waals surface area contributed by atoms with Crippen molar-refractivity contribution in [3.63, 3.8) is 0 Å². The molecule has 0 aliphatic carbocycles. The summed E-state index contributed by atoms with van der Waals surface area (Å²) in [6.45, 7) is 1.53. The van der Waals surface area contributed by atoms with Gasteiger partial charge in [0.15, 0.2) is 28.7 Å². The van der Waals surface area contributed by atoms with Crippen LogP contribution < -0.4 is 44.0 Å². The van der Waals surface area contributed by atoms with E-state index in [0.29, 0.717) is 11.4 Å². The van der Waals surface area contributed by atoms with Gasteiger partial charge in [-0.1, -0.05) is 0 Å². The lowest BCUT2D eigenvalue weighted by Crippen LogP contribution is -2.47. The van der Waals surface area contributed by atoms with E-state index in [1.54, 1.807) is 12.1 Å². The largest absolute Gasteiger partial charge is 0.481 e. The fourth-order valence-corrected chi connectivity index (χ4v) is 6.06. The van der Waals surface area contributed by atoms with E-state index in [0.717, 1.165) is 0 Å². The van der Waals surface area contributed by atoms with Gasteiger partial charge in [0.2, 0.25) is 17.8 Å². The number of rotatable bonds is 26. The number of aliphatic carboxylic acids is 3. The molecule has 5 atom stereocenters. The molecule has 0 spiro atoms. The number of hydrogen-bond donors (Lipinski definition) is 12. The zero-order valence-electron chi connectivity index (χ0n) is 34.6. The Hall–Kier alpha value is -7.80. The van der Waals surface area contributed by atoms with E-state index in [1.165, 1.54) is 25.3 Å². The van der Waals surface area contributed by atoms with Crippen LogP contribution in [-0.2, 0) is 49.7 Å². The molecule has 0 bridgehead atoms. The topological polar surface area (TPSA) is 441 Å². The molecule has 65 heavy (non-hydrogen) atoms. The molecule has 2 aromatic heterocycles. The Morgan fingerprint density at radius 2 is 1.51 bits per heavy atom. The van der Waals surface area contributed by atoms with Crippen LogP contribution in [0.3, 0.4) is 0 Å². The Morgan fingerprint density at radius 3 is 2.09 bits per heavy atom. The number of nitrogen functional groups attached to an aromatic ring is 1. The third-order valence-electron chi connectivity index (χ3n) is 9.16. The molecular weight excluding hydrogens is 881 g/mol. The van der Waals surface area contributed by atoms with Gasteiger partial charge in [-0.05, 0) is 50.5 Å². The fraction of sp³-hybridized carbons (Fsp3) is 0.421. The number of aliphatic imine (C=N–C) groups is 1. The van der Waals surface area contributed by atoms with Crippen LogP contribution in [-0.4, -0.2) is 125 Å². The number of nitrogens with one attached hydrogen (secondary N) is 5. The third kappa shape index (κ3) is 18.6. The molecule has 26 nitrogen and oxygen atoms in total. The molecule has 0 aliphatic heterocycles. The first-order valence-corrected chi connectivity index (χ1v) is 20.0. The Kier molecular flexibility index (Phi) is 21.8. The molecular formula is C38H48N12O14S. The molecule has 3 rings (SSSR count). The van der Waals surface area contributed by atoms with Crippen LogP contribution in [0.25, 0.3) is 11.2 Å². The van der Waals surface area contributed by atoms with Gasteiger partial charge in [0, 0.05) is 48.7 Å². The van der Waals surface area contributed by atoms with Crippen LogP contribution in [0.4, 0.5) is 11.6 Å². The summed E-state index contributed by atoms with van der Waals surface area (Å²) in [5, 5.41) is 38.6. The van der Waals surface area contributed by atoms with E-state index in [2.05, 4.69) is 58.8 Å². The van der Waals surface area contributed by atoms with Crippen molar-refractivity contribution < 1.29 is 63.3 Å². The molecule has 3 aromatic rings. The summed E-state index contributed by atoms with van der Waals surface area (Å²) in [7, 11) is 0. The minimum atomic E-state index is -1.62. The van der Waals surface area contributed by atoms with Crippen molar-refractivity contribution in [3.8, 4) is 0 Å². The van der Waals surface area contributed by atoms with Crippen molar-refractivity contribution >= 4 is 94.7 Å². The minimum Gasteiger partial charge on any atom is -0.481 e. The summed E-state index contributed by atoms with van der Waals surface area (Å²) in [4.78, 5) is 147. The molecule has 27 heteroatoms. The van der Waals surface area contributed by atoms with E-state index < -0.39 is 108 Å².